The van der Waals surface area contributed by atoms with Gasteiger partial charge >= 0.3 is 0 Å². The molecule has 0 aromatic carbocycles. The maximum Gasteiger partial charge on any atom is 0.260 e. The molecule has 4 heterocycles. The maximum atomic E-state index is 12.9. The Morgan fingerprint density at radius 2 is 2.26 bits per heavy atom. The normalized spacial score (nSPS) is 15.7. The predicted molar refractivity (Wildman–Crippen MR) is 118 cm³/mol. The van der Waals surface area contributed by atoms with Crippen LogP contribution in [0.1, 0.15) is 34.5 Å². The minimum absolute atomic E-state index is 0.114. The van der Waals surface area contributed by atoms with E-state index in [4.69, 9.17) is 10.00 Å². The Balaban J connectivity index is 1.43. The molecular weight excluding hydrogens is 414 g/mol. The third kappa shape index (κ3) is 5.14. The fourth-order valence-corrected chi connectivity index (χ4v) is 4.02. The number of nitriles is 1. The minimum atomic E-state index is -0.308. The van der Waals surface area contributed by atoms with Crippen LogP contribution < -0.4 is 20.7 Å². The summed E-state index contributed by atoms with van der Waals surface area (Å²) >= 11 is 1.16. The first-order chi connectivity index (χ1) is 15.1. The molecule has 1 saturated heterocycles. The number of anilines is 3. The number of ether oxygens (including phenoxy) is 1. The van der Waals surface area contributed by atoms with Crippen molar-refractivity contribution in [3.05, 3.63) is 53.5 Å². The average molecular weight is 436 g/mol. The van der Waals surface area contributed by atoms with Gasteiger partial charge in [0.25, 0.3) is 5.91 Å². The fourth-order valence-electron chi connectivity index (χ4n) is 3.22. The average Bonchev–Trinajstić information content (AvgIpc) is 3.16. The van der Waals surface area contributed by atoms with Crippen molar-refractivity contribution in [3.8, 4) is 11.9 Å². The zero-order valence-corrected chi connectivity index (χ0v) is 17.7. The molecule has 1 amide bonds. The summed E-state index contributed by atoms with van der Waals surface area (Å²) in [6, 6.07) is 8.80. The largest absolute Gasteiger partial charge is 0.473 e. The number of hydrogen-bond acceptors (Lipinski definition) is 9. The van der Waals surface area contributed by atoms with Gasteiger partial charge in [-0.1, -0.05) is 0 Å². The molecular formula is C21H21N7O2S. The monoisotopic (exact) mass is 435 g/mol. The lowest BCUT2D eigenvalue weighted by Crippen LogP contribution is -2.37. The molecule has 0 spiro atoms. The van der Waals surface area contributed by atoms with Gasteiger partial charge in [0.2, 0.25) is 5.88 Å². The molecule has 0 saturated carbocycles. The first-order valence-corrected chi connectivity index (χ1v) is 10.6. The van der Waals surface area contributed by atoms with Gasteiger partial charge in [-0.25, -0.2) is 9.97 Å². The van der Waals surface area contributed by atoms with E-state index in [1.54, 1.807) is 37.4 Å². The summed E-state index contributed by atoms with van der Waals surface area (Å²) in [7, 11) is 0. The van der Waals surface area contributed by atoms with Crippen molar-refractivity contribution in [2.45, 2.75) is 25.9 Å². The van der Waals surface area contributed by atoms with E-state index in [-0.39, 0.29) is 12.0 Å². The molecule has 10 heteroatoms. The second-order valence-electron chi connectivity index (χ2n) is 7.06. The Labute approximate surface area is 183 Å². The SMILES string of the molecule is Cc1nsc(Nc2cc(C#N)ccn2)c1C(=O)Nc1ccc(OC2CCCNC2)nc1. The fraction of sp³-hybridized carbons (Fsp3) is 0.286. The van der Waals surface area contributed by atoms with Crippen LogP contribution in [0.25, 0.3) is 0 Å². The maximum absolute atomic E-state index is 12.9. The summed E-state index contributed by atoms with van der Waals surface area (Å²) in [5.41, 5.74) is 2.05. The first-order valence-electron chi connectivity index (χ1n) is 9.86. The minimum Gasteiger partial charge on any atom is -0.473 e. The summed E-state index contributed by atoms with van der Waals surface area (Å²) in [6.07, 6.45) is 5.30. The van der Waals surface area contributed by atoms with Crippen molar-refractivity contribution < 1.29 is 9.53 Å². The molecule has 4 rings (SSSR count). The number of amides is 1. The predicted octanol–water partition coefficient (Wildman–Crippen LogP) is 3.24. The molecule has 31 heavy (non-hydrogen) atoms. The van der Waals surface area contributed by atoms with E-state index in [1.807, 2.05) is 0 Å². The zero-order chi connectivity index (χ0) is 21.6. The molecule has 1 atom stereocenters. The van der Waals surface area contributed by atoms with Crippen molar-refractivity contribution in [1.82, 2.24) is 19.7 Å². The Bertz CT molecular complexity index is 1100. The summed E-state index contributed by atoms with van der Waals surface area (Å²) in [5, 5.41) is 18.8. The lowest BCUT2D eigenvalue weighted by atomic mass is 10.1. The van der Waals surface area contributed by atoms with Crippen molar-refractivity contribution in [2.75, 3.05) is 23.7 Å². The molecule has 3 aromatic rings. The van der Waals surface area contributed by atoms with Gasteiger partial charge < -0.3 is 20.7 Å². The number of aryl methyl sites for hydroxylation is 1. The van der Waals surface area contributed by atoms with E-state index in [0.717, 1.165) is 37.5 Å². The van der Waals surface area contributed by atoms with Crippen LogP contribution in [0.4, 0.5) is 16.5 Å². The van der Waals surface area contributed by atoms with Crippen LogP contribution in [0, 0.1) is 18.3 Å². The van der Waals surface area contributed by atoms with Gasteiger partial charge in [0.05, 0.1) is 34.8 Å². The molecule has 0 aliphatic carbocycles. The van der Waals surface area contributed by atoms with E-state index in [9.17, 15) is 4.79 Å². The molecule has 1 fully saturated rings. The van der Waals surface area contributed by atoms with Crippen LogP contribution in [0.2, 0.25) is 0 Å². The van der Waals surface area contributed by atoms with Gasteiger partial charge in [-0.3, -0.25) is 4.79 Å². The quantitative estimate of drug-likeness (QED) is 0.539. The second kappa shape index (κ2) is 9.51. The van der Waals surface area contributed by atoms with Crippen molar-refractivity contribution in [2.24, 2.45) is 0 Å². The number of nitrogens with zero attached hydrogens (tertiary/aromatic N) is 4. The molecule has 3 aromatic heterocycles. The van der Waals surface area contributed by atoms with Crippen molar-refractivity contribution in [1.29, 1.82) is 5.26 Å². The molecule has 158 valence electrons. The van der Waals surface area contributed by atoms with Crippen LogP contribution in [0.15, 0.2) is 36.7 Å². The van der Waals surface area contributed by atoms with Crippen LogP contribution in [0.3, 0.4) is 0 Å². The Morgan fingerprint density at radius 1 is 1.35 bits per heavy atom. The summed E-state index contributed by atoms with van der Waals surface area (Å²) in [6.45, 7) is 3.60. The summed E-state index contributed by atoms with van der Waals surface area (Å²) in [5.74, 6) is 0.695. The molecule has 0 bridgehead atoms. The van der Waals surface area contributed by atoms with Gasteiger partial charge in [-0.2, -0.15) is 9.64 Å². The Kier molecular flexibility index (Phi) is 6.35. The molecule has 1 aliphatic heterocycles. The molecule has 1 unspecified atom stereocenters. The van der Waals surface area contributed by atoms with E-state index in [1.165, 1.54) is 6.20 Å². The first kappa shape index (κ1) is 20.7. The van der Waals surface area contributed by atoms with Gasteiger partial charge in [-0.05, 0) is 56.0 Å². The third-order valence-electron chi connectivity index (χ3n) is 4.75. The van der Waals surface area contributed by atoms with Gasteiger partial charge in [0.1, 0.15) is 16.9 Å². The number of piperidine rings is 1. The number of carbonyl (C=O) groups excluding carboxylic acids is 1. The van der Waals surface area contributed by atoms with Gasteiger partial charge in [0.15, 0.2) is 0 Å². The van der Waals surface area contributed by atoms with Crippen LogP contribution in [0.5, 0.6) is 5.88 Å². The molecule has 1 aliphatic rings. The van der Waals surface area contributed by atoms with E-state index < -0.39 is 0 Å². The Hall–Kier alpha value is -3.55. The lowest BCUT2D eigenvalue weighted by molar-refractivity contribution is 0.102. The van der Waals surface area contributed by atoms with Crippen LogP contribution in [-0.4, -0.2) is 39.4 Å². The highest BCUT2D eigenvalue weighted by Gasteiger charge is 2.20. The van der Waals surface area contributed by atoms with Crippen molar-refractivity contribution >= 4 is 33.9 Å². The van der Waals surface area contributed by atoms with Gasteiger partial charge in [-0.15, -0.1) is 0 Å². The van der Waals surface area contributed by atoms with Crippen LogP contribution in [-0.2, 0) is 0 Å². The number of pyridine rings is 2. The highest BCUT2D eigenvalue weighted by atomic mass is 32.1. The van der Waals surface area contributed by atoms with Crippen LogP contribution >= 0.6 is 11.5 Å². The van der Waals surface area contributed by atoms with E-state index >= 15 is 0 Å². The molecule has 3 N–H and O–H groups in total. The smallest absolute Gasteiger partial charge is 0.260 e. The number of hydrogen-bond donors (Lipinski definition) is 3. The topological polar surface area (TPSA) is 125 Å². The number of aromatic nitrogens is 3. The molecule has 9 nitrogen and oxygen atoms in total. The highest BCUT2D eigenvalue weighted by Crippen LogP contribution is 2.28. The summed E-state index contributed by atoms with van der Waals surface area (Å²) < 4.78 is 10.2. The third-order valence-corrected chi connectivity index (χ3v) is 5.61. The number of carbonyl (C=O) groups is 1. The van der Waals surface area contributed by atoms with Gasteiger partial charge in [0, 0.05) is 18.8 Å². The Morgan fingerprint density at radius 3 is 3.00 bits per heavy atom. The molecule has 0 radical (unpaired) electrons. The van der Waals surface area contributed by atoms with E-state index in [0.29, 0.717) is 39.2 Å². The second-order valence-corrected chi connectivity index (χ2v) is 7.84. The number of nitrogens with one attached hydrogen (secondary N) is 3. The summed E-state index contributed by atoms with van der Waals surface area (Å²) in [4.78, 5) is 21.4. The highest BCUT2D eigenvalue weighted by molar-refractivity contribution is 7.10. The lowest BCUT2D eigenvalue weighted by Gasteiger charge is -2.23. The van der Waals surface area contributed by atoms with E-state index in [2.05, 4.69) is 36.4 Å². The zero-order valence-electron chi connectivity index (χ0n) is 16.9. The van der Waals surface area contributed by atoms with Crippen molar-refractivity contribution in [3.63, 3.8) is 0 Å². The number of rotatable bonds is 6. The standard InChI is InChI=1S/C21H21N7O2S/c1-13-19(21(31-28-13)27-17-9-14(10-22)6-8-24-17)20(29)26-15-4-5-18(25-11-15)30-16-3-2-7-23-12-16/h4-6,8-9,11,16,23H,2-3,7,12H2,1H3,(H,24,27)(H,26,29).